The number of amides is 1. The molecule has 0 spiro atoms. The normalized spacial score (nSPS) is 11.2. The smallest absolute Gasteiger partial charge is 0.239 e. The number of aryl methyl sites for hydroxylation is 1. The van der Waals surface area contributed by atoms with Crippen molar-refractivity contribution in [2.75, 3.05) is 11.1 Å². The maximum absolute atomic E-state index is 13.4. The highest BCUT2D eigenvalue weighted by Crippen LogP contribution is 2.14. The molecule has 4 nitrogen and oxygen atoms in total. The molecule has 0 bridgehead atoms. The predicted molar refractivity (Wildman–Crippen MR) is 83.7 cm³/mol. The van der Waals surface area contributed by atoms with Gasteiger partial charge in [0.15, 0.2) is 9.84 Å². The van der Waals surface area contributed by atoms with E-state index in [0.717, 1.165) is 5.56 Å². The van der Waals surface area contributed by atoms with Crippen LogP contribution in [-0.4, -0.2) is 20.1 Å². The summed E-state index contributed by atoms with van der Waals surface area (Å²) < 4.78 is 37.6. The summed E-state index contributed by atoms with van der Waals surface area (Å²) in [5.74, 6) is -2.26. The van der Waals surface area contributed by atoms with Crippen LogP contribution in [0.5, 0.6) is 0 Å². The maximum Gasteiger partial charge on any atom is 0.239 e. The summed E-state index contributed by atoms with van der Waals surface area (Å²) in [6.45, 7) is 1.81. The SMILES string of the molecule is Cc1ccccc1CS(=O)(=O)CC(=O)Nc1ccccc1F. The van der Waals surface area contributed by atoms with Crippen molar-refractivity contribution in [2.24, 2.45) is 0 Å². The van der Waals surface area contributed by atoms with Crippen molar-refractivity contribution in [1.82, 2.24) is 0 Å². The molecule has 0 aromatic heterocycles. The standard InChI is InChI=1S/C16H16FNO3S/c1-12-6-2-3-7-13(12)10-22(20,21)11-16(19)18-15-9-5-4-8-14(15)17/h2-9H,10-11H2,1H3,(H,18,19). The first-order valence-electron chi connectivity index (χ1n) is 6.67. The number of halogens is 1. The lowest BCUT2D eigenvalue weighted by molar-refractivity contribution is -0.113. The molecule has 116 valence electrons. The van der Waals surface area contributed by atoms with Crippen LogP contribution in [0.1, 0.15) is 11.1 Å². The van der Waals surface area contributed by atoms with Crippen LogP contribution >= 0.6 is 0 Å². The molecule has 22 heavy (non-hydrogen) atoms. The Kier molecular flexibility index (Phi) is 4.92. The van der Waals surface area contributed by atoms with Crippen molar-refractivity contribution in [3.63, 3.8) is 0 Å². The van der Waals surface area contributed by atoms with Crippen molar-refractivity contribution in [1.29, 1.82) is 0 Å². The van der Waals surface area contributed by atoms with Crippen LogP contribution in [0.25, 0.3) is 0 Å². The number of carbonyl (C=O) groups excluding carboxylic acids is 1. The highest BCUT2D eigenvalue weighted by molar-refractivity contribution is 7.91. The van der Waals surface area contributed by atoms with Crippen molar-refractivity contribution >= 4 is 21.4 Å². The molecule has 0 atom stereocenters. The Hall–Kier alpha value is -2.21. The van der Waals surface area contributed by atoms with Gasteiger partial charge in [-0.1, -0.05) is 36.4 Å². The second-order valence-corrected chi connectivity index (χ2v) is 7.05. The van der Waals surface area contributed by atoms with Gasteiger partial charge in [0.05, 0.1) is 11.4 Å². The lowest BCUT2D eigenvalue weighted by Gasteiger charge is -2.08. The summed E-state index contributed by atoms with van der Waals surface area (Å²) in [7, 11) is -3.62. The molecule has 2 aromatic rings. The monoisotopic (exact) mass is 321 g/mol. The summed E-state index contributed by atoms with van der Waals surface area (Å²) in [5.41, 5.74) is 1.47. The van der Waals surface area contributed by atoms with E-state index in [1.54, 1.807) is 18.2 Å². The molecule has 1 N–H and O–H groups in total. The van der Waals surface area contributed by atoms with E-state index in [-0.39, 0.29) is 11.4 Å². The first-order chi connectivity index (χ1) is 10.4. The van der Waals surface area contributed by atoms with E-state index in [1.807, 2.05) is 19.1 Å². The highest BCUT2D eigenvalue weighted by Gasteiger charge is 2.19. The van der Waals surface area contributed by atoms with Crippen LogP contribution in [0.3, 0.4) is 0 Å². The number of hydrogen-bond acceptors (Lipinski definition) is 3. The Bertz CT molecular complexity index is 787. The van der Waals surface area contributed by atoms with Crippen molar-refractivity contribution in [3.05, 3.63) is 65.5 Å². The zero-order valence-electron chi connectivity index (χ0n) is 12.0. The van der Waals surface area contributed by atoms with E-state index >= 15 is 0 Å². The van der Waals surface area contributed by atoms with E-state index in [9.17, 15) is 17.6 Å². The summed E-state index contributed by atoms with van der Waals surface area (Å²) in [6.07, 6.45) is 0. The number of sulfone groups is 1. The number of rotatable bonds is 5. The third kappa shape index (κ3) is 4.39. The number of benzene rings is 2. The van der Waals surface area contributed by atoms with Gasteiger partial charge in [0, 0.05) is 0 Å². The van der Waals surface area contributed by atoms with Gasteiger partial charge < -0.3 is 5.32 Å². The highest BCUT2D eigenvalue weighted by atomic mass is 32.2. The van der Waals surface area contributed by atoms with Gasteiger partial charge in [0.2, 0.25) is 5.91 Å². The summed E-state index contributed by atoms with van der Waals surface area (Å²) in [6, 6.07) is 12.7. The number of nitrogens with one attached hydrogen (secondary N) is 1. The second-order valence-electron chi connectivity index (χ2n) is 4.99. The Morgan fingerprint density at radius 2 is 1.73 bits per heavy atom. The minimum atomic E-state index is -3.62. The van der Waals surface area contributed by atoms with Gasteiger partial charge in [0.1, 0.15) is 11.6 Å². The minimum absolute atomic E-state index is 0.0291. The van der Waals surface area contributed by atoms with Crippen LogP contribution in [0.2, 0.25) is 0 Å². The zero-order chi connectivity index (χ0) is 16.2. The molecular formula is C16H16FNO3S. The predicted octanol–water partition coefficient (Wildman–Crippen LogP) is 2.69. The molecule has 2 rings (SSSR count). The Labute approximate surface area is 128 Å². The molecular weight excluding hydrogens is 305 g/mol. The molecule has 0 radical (unpaired) electrons. The van der Waals surface area contributed by atoms with Crippen LogP contribution in [0, 0.1) is 12.7 Å². The quantitative estimate of drug-likeness (QED) is 0.921. The first-order valence-corrected chi connectivity index (χ1v) is 8.49. The first kappa shape index (κ1) is 16.2. The zero-order valence-corrected chi connectivity index (χ0v) is 12.9. The fraction of sp³-hybridized carbons (Fsp3) is 0.188. The average molecular weight is 321 g/mol. The molecule has 2 aromatic carbocycles. The Balaban J connectivity index is 2.04. The summed E-state index contributed by atoms with van der Waals surface area (Å²) in [4.78, 5) is 11.8. The fourth-order valence-electron chi connectivity index (χ4n) is 2.01. The van der Waals surface area contributed by atoms with E-state index < -0.39 is 27.3 Å². The average Bonchev–Trinajstić information content (AvgIpc) is 2.43. The lowest BCUT2D eigenvalue weighted by atomic mass is 10.1. The van der Waals surface area contributed by atoms with Crippen LogP contribution < -0.4 is 5.32 Å². The van der Waals surface area contributed by atoms with Gasteiger partial charge >= 0.3 is 0 Å². The molecule has 0 aliphatic carbocycles. The summed E-state index contributed by atoms with van der Waals surface area (Å²) >= 11 is 0. The Morgan fingerprint density at radius 3 is 2.41 bits per heavy atom. The molecule has 0 aliphatic rings. The van der Waals surface area contributed by atoms with Crippen LogP contribution in [0.15, 0.2) is 48.5 Å². The molecule has 0 aliphatic heterocycles. The third-order valence-electron chi connectivity index (χ3n) is 3.14. The molecule has 6 heteroatoms. The largest absolute Gasteiger partial charge is 0.323 e. The topological polar surface area (TPSA) is 63.2 Å². The van der Waals surface area contributed by atoms with E-state index in [0.29, 0.717) is 5.56 Å². The summed E-state index contributed by atoms with van der Waals surface area (Å²) in [5, 5.41) is 2.27. The molecule has 0 saturated carbocycles. The molecule has 0 heterocycles. The van der Waals surface area contributed by atoms with E-state index in [2.05, 4.69) is 5.32 Å². The van der Waals surface area contributed by atoms with Crippen molar-refractivity contribution < 1.29 is 17.6 Å². The van der Waals surface area contributed by atoms with E-state index in [1.165, 1.54) is 18.2 Å². The van der Waals surface area contributed by atoms with Gasteiger partial charge in [-0.3, -0.25) is 4.79 Å². The van der Waals surface area contributed by atoms with Crippen molar-refractivity contribution in [2.45, 2.75) is 12.7 Å². The van der Waals surface area contributed by atoms with Gasteiger partial charge in [-0.25, -0.2) is 12.8 Å². The fourth-order valence-corrected chi connectivity index (χ4v) is 3.38. The molecule has 0 fully saturated rings. The van der Waals surface area contributed by atoms with Crippen molar-refractivity contribution in [3.8, 4) is 0 Å². The van der Waals surface area contributed by atoms with Gasteiger partial charge in [-0.05, 0) is 30.2 Å². The minimum Gasteiger partial charge on any atom is -0.323 e. The third-order valence-corrected chi connectivity index (χ3v) is 4.59. The van der Waals surface area contributed by atoms with Crippen LogP contribution in [-0.2, 0) is 20.4 Å². The number of para-hydroxylation sites is 1. The second kappa shape index (κ2) is 6.70. The Morgan fingerprint density at radius 1 is 1.09 bits per heavy atom. The maximum atomic E-state index is 13.4. The number of hydrogen-bond donors (Lipinski definition) is 1. The number of carbonyl (C=O) groups is 1. The van der Waals surface area contributed by atoms with Gasteiger partial charge in [-0.15, -0.1) is 0 Å². The lowest BCUT2D eigenvalue weighted by Crippen LogP contribution is -2.24. The molecule has 0 saturated heterocycles. The van der Waals surface area contributed by atoms with Gasteiger partial charge in [-0.2, -0.15) is 0 Å². The molecule has 0 unspecified atom stereocenters. The molecule has 1 amide bonds. The van der Waals surface area contributed by atoms with E-state index in [4.69, 9.17) is 0 Å². The number of anilines is 1. The van der Waals surface area contributed by atoms with Gasteiger partial charge in [0.25, 0.3) is 0 Å². The van der Waals surface area contributed by atoms with Crippen LogP contribution in [0.4, 0.5) is 10.1 Å².